The third-order valence-corrected chi connectivity index (χ3v) is 2.81. The first-order chi connectivity index (χ1) is 7.66. The minimum Gasteiger partial charge on any atom is -0.391 e. The van der Waals surface area contributed by atoms with E-state index < -0.39 is 6.09 Å². The molecule has 1 aliphatic rings. The van der Waals surface area contributed by atoms with Gasteiger partial charge in [0.2, 0.25) is 5.88 Å². The van der Waals surface area contributed by atoms with Gasteiger partial charge < -0.3 is 15.4 Å². The molecule has 86 valence electrons. The molecule has 5 heteroatoms. The summed E-state index contributed by atoms with van der Waals surface area (Å²) in [6.45, 7) is 3.25. The highest BCUT2D eigenvalue weighted by molar-refractivity contribution is 5.67. The number of amides is 1. The zero-order valence-corrected chi connectivity index (χ0v) is 9.22. The SMILES string of the molecule is C[C@@H]1CCCN1c1ccc(OC(N)=O)nc1. The van der Waals surface area contributed by atoms with Gasteiger partial charge in [-0.05, 0) is 25.8 Å². The van der Waals surface area contributed by atoms with Crippen molar-refractivity contribution < 1.29 is 9.53 Å². The smallest absolute Gasteiger partial charge is 0.391 e. The van der Waals surface area contributed by atoms with E-state index in [1.807, 2.05) is 6.07 Å². The highest BCUT2D eigenvalue weighted by Gasteiger charge is 2.20. The second kappa shape index (κ2) is 4.38. The van der Waals surface area contributed by atoms with Crippen molar-refractivity contribution in [3.05, 3.63) is 18.3 Å². The Morgan fingerprint density at radius 3 is 2.94 bits per heavy atom. The van der Waals surface area contributed by atoms with Crippen LogP contribution in [0.3, 0.4) is 0 Å². The Morgan fingerprint density at radius 1 is 1.62 bits per heavy atom. The van der Waals surface area contributed by atoms with E-state index >= 15 is 0 Å². The molecule has 2 heterocycles. The Bertz CT molecular complexity index is 377. The van der Waals surface area contributed by atoms with Crippen LogP contribution < -0.4 is 15.4 Å². The fourth-order valence-electron chi connectivity index (χ4n) is 2.02. The maximum absolute atomic E-state index is 10.5. The molecule has 16 heavy (non-hydrogen) atoms. The Kier molecular flexibility index (Phi) is 2.94. The lowest BCUT2D eigenvalue weighted by atomic mass is 10.2. The van der Waals surface area contributed by atoms with Crippen molar-refractivity contribution in [3.8, 4) is 5.88 Å². The number of hydrogen-bond donors (Lipinski definition) is 1. The van der Waals surface area contributed by atoms with E-state index in [1.165, 1.54) is 12.8 Å². The molecule has 1 fully saturated rings. The quantitative estimate of drug-likeness (QED) is 0.822. The molecule has 1 saturated heterocycles. The average molecular weight is 221 g/mol. The summed E-state index contributed by atoms with van der Waals surface area (Å²) in [5.41, 5.74) is 5.95. The normalized spacial score (nSPS) is 19.8. The number of anilines is 1. The van der Waals surface area contributed by atoms with Crippen LogP contribution in [0.1, 0.15) is 19.8 Å². The van der Waals surface area contributed by atoms with Crippen LogP contribution in [0.4, 0.5) is 10.5 Å². The van der Waals surface area contributed by atoms with Gasteiger partial charge in [0.05, 0.1) is 11.9 Å². The molecule has 0 bridgehead atoms. The fraction of sp³-hybridized carbons (Fsp3) is 0.455. The number of primary amides is 1. The van der Waals surface area contributed by atoms with Crippen LogP contribution in [0.2, 0.25) is 0 Å². The second-order valence-electron chi connectivity index (χ2n) is 3.96. The van der Waals surface area contributed by atoms with E-state index in [0.717, 1.165) is 12.2 Å². The number of nitrogens with zero attached hydrogens (tertiary/aromatic N) is 2. The van der Waals surface area contributed by atoms with E-state index in [-0.39, 0.29) is 5.88 Å². The van der Waals surface area contributed by atoms with Gasteiger partial charge in [0, 0.05) is 18.7 Å². The summed E-state index contributed by atoms with van der Waals surface area (Å²) in [5.74, 6) is 0.239. The van der Waals surface area contributed by atoms with Gasteiger partial charge in [-0.2, -0.15) is 0 Å². The lowest BCUT2D eigenvalue weighted by molar-refractivity contribution is 0.209. The largest absolute Gasteiger partial charge is 0.411 e. The molecule has 1 amide bonds. The number of nitrogens with two attached hydrogens (primary N) is 1. The molecule has 0 saturated carbocycles. The van der Waals surface area contributed by atoms with Gasteiger partial charge in [0.15, 0.2) is 0 Å². The van der Waals surface area contributed by atoms with Crippen molar-refractivity contribution in [2.24, 2.45) is 5.73 Å². The minimum absolute atomic E-state index is 0.239. The molecule has 2 rings (SSSR count). The van der Waals surface area contributed by atoms with Crippen LogP contribution in [0.25, 0.3) is 0 Å². The number of pyridine rings is 1. The van der Waals surface area contributed by atoms with Crippen molar-refractivity contribution in [2.45, 2.75) is 25.8 Å². The van der Waals surface area contributed by atoms with Gasteiger partial charge in [-0.15, -0.1) is 0 Å². The van der Waals surface area contributed by atoms with Crippen molar-refractivity contribution in [1.29, 1.82) is 0 Å². The first-order valence-corrected chi connectivity index (χ1v) is 5.37. The van der Waals surface area contributed by atoms with Gasteiger partial charge in [-0.1, -0.05) is 0 Å². The Morgan fingerprint density at radius 2 is 2.44 bits per heavy atom. The maximum atomic E-state index is 10.5. The number of aromatic nitrogens is 1. The molecule has 0 radical (unpaired) electrons. The first kappa shape index (κ1) is 10.7. The number of ether oxygens (including phenoxy) is 1. The number of hydrogen-bond acceptors (Lipinski definition) is 4. The molecule has 1 aromatic heterocycles. The van der Waals surface area contributed by atoms with Crippen molar-refractivity contribution in [2.75, 3.05) is 11.4 Å². The molecule has 1 aliphatic heterocycles. The molecular formula is C11H15N3O2. The Balaban J connectivity index is 2.09. The van der Waals surface area contributed by atoms with Gasteiger partial charge in [-0.25, -0.2) is 9.78 Å². The summed E-state index contributed by atoms with van der Waals surface area (Å²) in [4.78, 5) is 16.8. The standard InChI is InChI=1S/C11H15N3O2/c1-8-3-2-6-14(8)9-4-5-10(13-7-9)16-11(12)15/h4-5,7-8H,2-3,6H2,1H3,(H2,12,15)/t8-/m1/s1. The van der Waals surface area contributed by atoms with Crippen LogP contribution in [0, 0.1) is 0 Å². The monoisotopic (exact) mass is 221 g/mol. The fourth-order valence-corrected chi connectivity index (χ4v) is 2.02. The first-order valence-electron chi connectivity index (χ1n) is 5.37. The van der Waals surface area contributed by atoms with Crippen molar-refractivity contribution in [1.82, 2.24) is 4.98 Å². The molecule has 0 aromatic carbocycles. The highest BCUT2D eigenvalue weighted by atomic mass is 16.6. The van der Waals surface area contributed by atoms with E-state index in [0.29, 0.717) is 6.04 Å². The second-order valence-corrected chi connectivity index (χ2v) is 3.96. The summed E-state index contributed by atoms with van der Waals surface area (Å²) in [6.07, 6.45) is 3.29. The molecule has 0 spiro atoms. The topological polar surface area (TPSA) is 68.5 Å². The van der Waals surface area contributed by atoms with E-state index in [2.05, 4.69) is 21.5 Å². The van der Waals surface area contributed by atoms with Gasteiger partial charge >= 0.3 is 6.09 Å². The predicted molar refractivity (Wildman–Crippen MR) is 60.5 cm³/mol. The van der Waals surface area contributed by atoms with Crippen LogP contribution in [-0.4, -0.2) is 23.7 Å². The molecule has 5 nitrogen and oxygen atoms in total. The molecule has 1 aromatic rings. The number of rotatable bonds is 2. The highest BCUT2D eigenvalue weighted by Crippen LogP contribution is 2.25. The Hall–Kier alpha value is -1.78. The van der Waals surface area contributed by atoms with Gasteiger partial charge in [0.1, 0.15) is 0 Å². The summed E-state index contributed by atoms with van der Waals surface area (Å²) in [7, 11) is 0. The van der Waals surface area contributed by atoms with Gasteiger partial charge in [-0.3, -0.25) is 0 Å². The minimum atomic E-state index is -0.838. The van der Waals surface area contributed by atoms with Crippen molar-refractivity contribution >= 4 is 11.8 Å². The summed E-state index contributed by atoms with van der Waals surface area (Å²) >= 11 is 0. The van der Waals surface area contributed by atoms with Gasteiger partial charge in [0.25, 0.3) is 0 Å². The Labute approximate surface area is 94.2 Å². The van der Waals surface area contributed by atoms with E-state index in [9.17, 15) is 4.79 Å². The number of carbonyl (C=O) groups is 1. The maximum Gasteiger partial charge on any atom is 0.411 e. The van der Waals surface area contributed by atoms with Crippen LogP contribution in [-0.2, 0) is 0 Å². The zero-order valence-electron chi connectivity index (χ0n) is 9.22. The summed E-state index contributed by atoms with van der Waals surface area (Å²) < 4.78 is 4.67. The number of carbonyl (C=O) groups excluding carboxylic acids is 1. The lowest BCUT2D eigenvalue weighted by Crippen LogP contribution is -2.26. The van der Waals surface area contributed by atoms with E-state index in [4.69, 9.17) is 5.73 Å². The summed E-state index contributed by atoms with van der Waals surface area (Å²) in [5, 5.41) is 0. The molecule has 1 atom stereocenters. The summed E-state index contributed by atoms with van der Waals surface area (Å²) in [6, 6.07) is 4.10. The average Bonchev–Trinajstić information content (AvgIpc) is 2.65. The zero-order chi connectivity index (χ0) is 11.5. The third-order valence-electron chi connectivity index (χ3n) is 2.81. The third kappa shape index (κ3) is 2.24. The van der Waals surface area contributed by atoms with Crippen LogP contribution in [0.15, 0.2) is 18.3 Å². The van der Waals surface area contributed by atoms with Crippen molar-refractivity contribution in [3.63, 3.8) is 0 Å². The predicted octanol–water partition coefficient (Wildman–Crippen LogP) is 1.53. The molecule has 0 unspecified atom stereocenters. The van der Waals surface area contributed by atoms with E-state index in [1.54, 1.807) is 12.3 Å². The van der Waals surface area contributed by atoms with Crippen LogP contribution in [0.5, 0.6) is 5.88 Å². The lowest BCUT2D eigenvalue weighted by Gasteiger charge is -2.23. The molecular weight excluding hydrogens is 206 g/mol. The molecule has 2 N–H and O–H groups in total. The molecule has 0 aliphatic carbocycles. The van der Waals surface area contributed by atoms with Crippen LogP contribution >= 0.6 is 0 Å².